The Kier molecular flexibility index (Phi) is 7.40. The summed E-state index contributed by atoms with van der Waals surface area (Å²) >= 11 is 0. The van der Waals surface area contributed by atoms with E-state index in [1.54, 1.807) is 0 Å². The summed E-state index contributed by atoms with van der Waals surface area (Å²) < 4.78 is 38.3. The lowest BCUT2D eigenvalue weighted by Crippen LogP contribution is -2.28. The van der Waals surface area contributed by atoms with E-state index < -0.39 is 5.41 Å². The van der Waals surface area contributed by atoms with E-state index in [2.05, 4.69) is 133 Å². The van der Waals surface area contributed by atoms with E-state index in [-0.39, 0.29) is 35.4 Å². The van der Waals surface area contributed by atoms with Gasteiger partial charge in [-0.25, -0.2) is 0 Å². The van der Waals surface area contributed by atoms with Crippen molar-refractivity contribution in [2.24, 2.45) is 0 Å². The summed E-state index contributed by atoms with van der Waals surface area (Å²) in [4.78, 5) is 1.94. The normalized spacial score (nSPS) is 13.4. The maximum Gasteiger partial charge on any atom is 0.0713 e. The number of nitrogens with zero attached hydrogens (tertiary/aromatic N) is 1. The van der Waals surface area contributed by atoms with Crippen molar-refractivity contribution in [3.8, 4) is 44.5 Å². The second-order valence-corrected chi connectivity index (χ2v) is 14.1. The van der Waals surface area contributed by atoms with Crippen LogP contribution in [0.5, 0.6) is 0 Å². The molecule has 0 amide bonds. The first-order valence-electron chi connectivity index (χ1n) is 21.0. The van der Waals surface area contributed by atoms with Crippen molar-refractivity contribution in [3.63, 3.8) is 0 Å². The molecular weight excluding hydrogens is 675 g/mol. The van der Waals surface area contributed by atoms with Gasteiger partial charge in [0.15, 0.2) is 0 Å². The molecule has 10 rings (SSSR count). The highest BCUT2D eigenvalue weighted by Gasteiger charge is 2.46. The molecule has 264 valence electrons. The third-order valence-corrected chi connectivity index (χ3v) is 11.0. The lowest BCUT2D eigenvalue weighted by Gasteiger charge is -2.35. The highest BCUT2D eigenvalue weighted by Crippen LogP contribution is 2.58. The molecule has 1 heteroatoms. The summed E-state index contributed by atoms with van der Waals surface area (Å²) in [7, 11) is 0. The van der Waals surface area contributed by atoms with E-state index in [0.717, 1.165) is 55.8 Å². The highest BCUT2D eigenvalue weighted by atomic mass is 15.1. The van der Waals surface area contributed by atoms with Crippen LogP contribution in [0.25, 0.3) is 44.5 Å². The van der Waals surface area contributed by atoms with Gasteiger partial charge < -0.3 is 4.90 Å². The van der Waals surface area contributed by atoms with Gasteiger partial charge in [0.05, 0.1) is 16.6 Å². The summed E-state index contributed by atoms with van der Waals surface area (Å²) in [6.45, 7) is 0. The van der Waals surface area contributed by atoms with Crippen LogP contribution >= 0.6 is 0 Å². The van der Waals surface area contributed by atoms with Crippen LogP contribution in [0.3, 0.4) is 0 Å². The quantitative estimate of drug-likeness (QED) is 0.151. The van der Waals surface area contributed by atoms with Crippen molar-refractivity contribution in [1.29, 1.82) is 0 Å². The summed E-state index contributed by atoms with van der Waals surface area (Å²) in [6, 6.07) is 72.1. The molecule has 0 atom stereocenters. The fourth-order valence-corrected chi connectivity index (χ4v) is 8.50. The zero-order valence-corrected chi connectivity index (χ0v) is 30.7. The van der Waals surface area contributed by atoms with E-state index in [9.17, 15) is 5.48 Å². The first kappa shape index (κ1) is 29.2. The van der Waals surface area contributed by atoms with Crippen molar-refractivity contribution in [2.75, 3.05) is 4.90 Å². The van der Waals surface area contributed by atoms with Crippen molar-refractivity contribution in [2.45, 2.75) is 5.41 Å². The molecule has 0 saturated heterocycles. The minimum atomic E-state index is -0.653. The Labute approximate surface area is 335 Å². The molecule has 0 heterocycles. The monoisotopic (exact) mass is 717 g/mol. The summed E-state index contributed by atoms with van der Waals surface area (Å²) in [6.07, 6.45) is 0. The Morgan fingerprint density at radius 2 is 0.786 bits per heavy atom. The molecule has 0 radical (unpaired) electrons. The molecule has 1 nitrogen and oxygen atoms in total. The van der Waals surface area contributed by atoms with Crippen molar-refractivity contribution >= 4 is 17.1 Å². The molecule has 0 aromatic heterocycles. The van der Waals surface area contributed by atoms with Crippen molar-refractivity contribution in [1.82, 2.24) is 0 Å². The predicted octanol–water partition coefficient (Wildman–Crippen LogP) is 14.5. The molecule has 9 aromatic carbocycles. The summed E-state index contributed by atoms with van der Waals surface area (Å²) in [5.41, 5.74) is 12.6. The van der Waals surface area contributed by atoms with Gasteiger partial charge in [-0.05, 0) is 97.5 Å². The van der Waals surface area contributed by atoms with Crippen molar-refractivity contribution in [3.05, 3.63) is 259 Å². The Morgan fingerprint density at radius 3 is 1.36 bits per heavy atom. The van der Waals surface area contributed by atoms with Crippen LogP contribution in [0.1, 0.15) is 27.7 Å². The maximum absolute atomic E-state index is 9.73. The third kappa shape index (κ3) is 5.65. The number of anilines is 3. The van der Waals surface area contributed by atoms with Crippen LogP contribution in [0.15, 0.2) is 236 Å². The number of benzene rings is 9. The van der Waals surface area contributed by atoms with Crippen LogP contribution in [0.2, 0.25) is 0 Å². The van der Waals surface area contributed by atoms with Gasteiger partial charge in [0.1, 0.15) is 0 Å². The molecule has 0 unspecified atom stereocenters. The van der Waals surface area contributed by atoms with Gasteiger partial charge in [0.25, 0.3) is 0 Å². The van der Waals surface area contributed by atoms with Gasteiger partial charge in [-0.1, -0.05) is 200 Å². The number of fused-ring (bicyclic) bond motifs is 3. The minimum Gasteiger partial charge on any atom is -0.310 e. The lowest BCUT2D eigenvalue weighted by atomic mass is 9.67. The molecule has 0 saturated carbocycles. The van der Waals surface area contributed by atoms with E-state index in [0.29, 0.717) is 11.3 Å². The molecule has 0 aliphatic heterocycles. The zero-order valence-electron chi connectivity index (χ0n) is 34.7. The van der Waals surface area contributed by atoms with E-state index in [1.807, 2.05) is 83.8 Å². The first-order chi connectivity index (χ1) is 29.5. The molecule has 56 heavy (non-hydrogen) atoms. The Balaban J connectivity index is 1.32. The number of hydrogen-bond donors (Lipinski definition) is 0. The largest absolute Gasteiger partial charge is 0.310 e. The summed E-state index contributed by atoms with van der Waals surface area (Å²) in [5, 5.41) is 0. The topological polar surface area (TPSA) is 3.24 Å². The van der Waals surface area contributed by atoms with Crippen LogP contribution in [0, 0.1) is 0 Å². The molecule has 9 aromatic rings. The second-order valence-electron chi connectivity index (χ2n) is 14.1. The lowest BCUT2D eigenvalue weighted by molar-refractivity contribution is 0.769. The zero-order chi connectivity index (χ0) is 40.8. The fraction of sp³-hybridized carbons (Fsp3) is 0.0182. The van der Waals surface area contributed by atoms with Gasteiger partial charge in [0, 0.05) is 16.9 Å². The molecule has 1 aliphatic carbocycles. The predicted molar refractivity (Wildman–Crippen MR) is 235 cm³/mol. The highest BCUT2D eigenvalue weighted by molar-refractivity contribution is 5.97. The first-order valence-corrected chi connectivity index (χ1v) is 19.0. The maximum atomic E-state index is 9.73. The SMILES string of the molecule is [2H]c1c([2H])c(N(c2ccc(-c3ccccc3)cc2)c2cc3c(cc2-c2ccccc2)C(c2ccccc2)(c2ccccc2)c2ccccc2-3)c([2H])c([2H])c1-c1ccccc1. The van der Waals surface area contributed by atoms with Crippen LogP contribution in [-0.4, -0.2) is 0 Å². The van der Waals surface area contributed by atoms with E-state index in [1.165, 1.54) is 5.56 Å². The Bertz CT molecular complexity index is 2920. The van der Waals surface area contributed by atoms with E-state index in [4.69, 9.17) is 0 Å². The van der Waals surface area contributed by atoms with Crippen LogP contribution in [0.4, 0.5) is 17.1 Å². The standard InChI is InChI=1S/C55H39N/c1-6-18-40(19-7-1)42-30-34-47(35-31-42)56(48-36-32-43(33-37-48)41-20-8-2-9-21-41)54-39-51-49-28-16-17-29-52(49)55(45-24-12-4-13-25-45,46-26-14-5-15-27-46)53(51)38-50(54)44-22-10-3-11-23-44/h1-39H/i30D,31D,34D,35D. The van der Waals surface area contributed by atoms with Gasteiger partial charge in [-0.15, -0.1) is 0 Å². The van der Waals surface area contributed by atoms with Crippen LogP contribution in [-0.2, 0) is 5.41 Å². The second kappa shape index (κ2) is 14.2. The average Bonchev–Trinajstić information content (AvgIpc) is 3.61. The third-order valence-electron chi connectivity index (χ3n) is 11.0. The Hall–Kier alpha value is -7.22. The minimum absolute atomic E-state index is 0.0944. The molecule has 1 aliphatic rings. The molecule has 0 fully saturated rings. The molecular formula is C55H39N. The summed E-state index contributed by atoms with van der Waals surface area (Å²) in [5.74, 6) is 0. The smallest absolute Gasteiger partial charge is 0.0713 e. The van der Waals surface area contributed by atoms with Crippen LogP contribution < -0.4 is 4.90 Å². The van der Waals surface area contributed by atoms with Crippen molar-refractivity contribution < 1.29 is 5.48 Å². The van der Waals surface area contributed by atoms with Gasteiger partial charge in [0.2, 0.25) is 0 Å². The molecule has 0 spiro atoms. The average molecular weight is 718 g/mol. The Morgan fingerprint density at radius 1 is 0.321 bits per heavy atom. The van der Waals surface area contributed by atoms with Gasteiger partial charge >= 0.3 is 0 Å². The molecule has 0 N–H and O–H groups in total. The van der Waals surface area contributed by atoms with Gasteiger partial charge in [-0.3, -0.25) is 0 Å². The molecule has 0 bridgehead atoms. The number of rotatable bonds is 8. The van der Waals surface area contributed by atoms with Gasteiger partial charge in [-0.2, -0.15) is 0 Å². The number of hydrogen-bond acceptors (Lipinski definition) is 1. The fourth-order valence-electron chi connectivity index (χ4n) is 8.50. The van der Waals surface area contributed by atoms with E-state index >= 15 is 0 Å².